The number of hydrogen-bond donors (Lipinski definition) is 0. The topological polar surface area (TPSA) is 68.3 Å². The maximum absolute atomic E-state index is 13.9. The number of piperidine rings is 1. The second-order valence-electron chi connectivity index (χ2n) is 9.07. The van der Waals surface area contributed by atoms with Gasteiger partial charge in [0.1, 0.15) is 17.2 Å². The van der Waals surface area contributed by atoms with Crippen molar-refractivity contribution in [3.05, 3.63) is 78.4 Å². The van der Waals surface area contributed by atoms with E-state index < -0.39 is 28.2 Å². The number of sulfonamides is 1. The molecular formula is C28H31F3N2O5S. The number of methoxy groups -OCH3 is 1. The molecule has 0 amide bonds. The minimum atomic E-state index is -4.90. The van der Waals surface area contributed by atoms with E-state index in [1.807, 2.05) is 31.2 Å². The van der Waals surface area contributed by atoms with Crippen molar-refractivity contribution >= 4 is 15.7 Å². The van der Waals surface area contributed by atoms with Gasteiger partial charge in [-0.3, -0.25) is 9.21 Å². The zero-order valence-corrected chi connectivity index (χ0v) is 22.5. The zero-order valence-electron chi connectivity index (χ0n) is 21.7. The van der Waals surface area contributed by atoms with Crippen molar-refractivity contribution in [2.45, 2.75) is 43.6 Å². The van der Waals surface area contributed by atoms with Gasteiger partial charge >= 0.3 is 6.36 Å². The zero-order chi connectivity index (χ0) is 28.0. The first-order chi connectivity index (χ1) is 18.6. The second-order valence-corrected chi connectivity index (χ2v) is 10.9. The number of ether oxygens (including phenoxy) is 3. The lowest BCUT2D eigenvalue weighted by Crippen LogP contribution is -2.47. The molecule has 3 aromatic rings. The van der Waals surface area contributed by atoms with E-state index in [4.69, 9.17) is 9.47 Å². The minimum absolute atomic E-state index is 0.0125. The average molecular weight is 565 g/mol. The lowest BCUT2D eigenvalue weighted by Gasteiger charge is -2.39. The summed E-state index contributed by atoms with van der Waals surface area (Å²) in [5.41, 5.74) is 1.14. The van der Waals surface area contributed by atoms with E-state index in [0.717, 1.165) is 23.4 Å². The molecule has 11 heteroatoms. The predicted octanol–water partition coefficient (Wildman–Crippen LogP) is 5.85. The molecule has 0 unspecified atom stereocenters. The third-order valence-electron chi connectivity index (χ3n) is 6.48. The van der Waals surface area contributed by atoms with Crippen LogP contribution in [0.4, 0.5) is 18.9 Å². The van der Waals surface area contributed by atoms with Crippen LogP contribution >= 0.6 is 0 Å². The Hall–Kier alpha value is -3.44. The van der Waals surface area contributed by atoms with Gasteiger partial charge in [0, 0.05) is 37.3 Å². The molecule has 1 fully saturated rings. The van der Waals surface area contributed by atoms with E-state index >= 15 is 0 Å². The van der Waals surface area contributed by atoms with Gasteiger partial charge in [-0.1, -0.05) is 24.3 Å². The SMILES string of the molecule is CCOc1ccccc1CN1CCC(N(c2cccc(OC(F)(F)F)c2)S(=O)(=O)c2ccc(OC)cc2)CC1. The second kappa shape index (κ2) is 12.2. The summed E-state index contributed by atoms with van der Waals surface area (Å²) in [6.07, 6.45) is -3.94. The molecule has 0 bridgehead atoms. The Morgan fingerprint density at radius 1 is 0.949 bits per heavy atom. The van der Waals surface area contributed by atoms with Crippen LogP contribution in [0, 0.1) is 0 Å². The van der Waals surface area contributed by atoms with Gasteiger partial charge in [0.2, 0.25) is 0 Å². The van der Waals surface area contributed by atoms with Gasteiger partial charge in [-0.2, -0.15) is 0 Å². The minimum Gasteiger partial charge on any atom is -0.497 e. The summed E-state index contributed by atoms with van der Waals surface area (Å²) in [4.78, 5) is 2.23. The van der Waals surface area contributed by atoms with Crippen molar-refractivity contribution < 1.29 is 35.8 Å². The van der Waals surface area contributed by atoms with E-state index in [1.54, 1.807) is 0 Å². The molecule has 0 aliphatic carbocycles. The van der Waals surface area contributed by atoms with Crippen LogP contribution < -0.4 is 18.5 Å². The summed E-state index contributed by atoms with van der Waals surface area (Å²) in [5.74, 6) is 0.814. The Kier molecular flexibility index (Phi) is 8.91. The molecule has 1 heterocycles. The third kappa shape index (κ3) is 7.15. The number of rotatable bonds is 10. The molecular weight excluding hydrogens is 533 g/mol. The van der Waals surface area contributed by atoms with Crippen LogP contribution in [-0.4, -0.2) is 52.5 Å². The van der Waals surface area contributed by atoms with Crippen molar-refractivity contribution in [2.24, 2.45) is 0 Å². The van der Waals surface area contributed by atoms with Crippen molar-refractivity contribution in [3.8, 4) is 17.2 Å². The lowest BCUT2D eigenvalue weighted by atomic mass is 10.0. The van der Waals surface area contributed by atoms with Crippen LogP contribution in [0.5, 0.6) is 17.2 Å². The van der Waals surface area contributed by atoms with Gasteiger partial charge in [-0.05, 0) is 62.2 Å². The molecule has 7 nitrogen and oxygen atoms in total. The predicted molar refractivity (Wildman–Crippen MR) is 142 cm³/mol. The van der Waals surface area contributed by atoms with Crippen LogP contribution in [0.25, 0.3) is 0 Å². The average Bonchev–Trinajstić information content (AvgIpc) is 2.90. The van der Waals surface area contributed by atoms with Crippen LogP contribution in [0.3, 0.4) is 0 Å². The molecule has 0 N–H and O–H groups in total. The molecule has 0 aromatic heterocycles. The first-order valence-corrected chi connectivity index (χ1v) is 14.0. The fraction of sp³-hybridized carbons (Fsp3) is 0.357. The fourth-order valence-electron chi connectivity index (χ4n) is 4.71. The third-order valence-corrected chi connectivity index (χ3v) is 8.37. The summed E-state index contributed by atoms with van der Waals surface area (Å²) in [6, 6.07) is 18.3. The highest BCUT2D eigenvalue weighted by molar-refractivity contribution is 7.92. The Labute approximate surface area is 226 Å². The molecule has 1 aliphatic rings. The van der Waals surface area contributed by atoms with Crippen LogP contribution in [0.15, 0.2) is 77.7 Å². The highest BCUT2D eigenvalue weighted by Crippen LogP contribution is 2.35. The molecule has 4 rings (SSSR count). The number of hydrogen-bond acceptors (Lipinski definition) is 6. The molecule has 0 spiro atoms. The van der Waals surface area contributed by atoms with Crippen molar-refractivity contribution in [2.75, 3.05) is 31.1 Å². The Balaban J connectivity index is 1.61. The summed E-state index contributed by atoms with van der Waals surface area (Å²) in [6.45, 7) is 4.31. The quantitative estimate of drug-likeness (QED) is 0.308. The summed E-state index contributed by atoms with van der Waals surface area (Å²) < 4.78 is 82.8. The molecule has 0 atom stereocenters. The fourth-order valence-corrected chi connectivity index (χ4v) is 6.41. The normalized spacial score (nSPS) is 15.1. The molecule has 210 valence electrons. The van der Waals surface area contributed by atoms with Crippen molar-refractivity contribution in [1.29, 1.82) is 0 Å². The number of likely N-dealkylation sites (tertiary alicyclic amines) is 1. The first kappa shape index (κ1) is 28.6. The molecule has 1 saturated heterocycles. The van der Waals surface area contributed by atoms with Gasteiger partial charge < -0.3 is 14.2 Å². The standard InChI is InChI=1S/C28H31F3N2O5S/c1-3-37-27-10-5-4-7-21(27)20-32-17-15-22(16-18-32)33(23-8-6-9-25(19-23)38-28(29,30)31)39(34,35)26-13-11-24(36-2)12-14-26/h4-14,19,22H,3,15-18,20H2,1-2H3. The Morgan fingerprint density at radius 3 is 2.28 bits per heavy atom. The van der Waals surface area contributed by atoms with Crippen LogP contribution in [-0.2, 0) is 16.6 Å². The summed E-state index contributed by atoms with van der Waals surface area (Å²) >= 11 is 0. The number of alkyl halides is 3. The van der Waals surface area contributed by atoms with Crippen molar-refractivity contribution in [1.82, 2.24) is 4.90 Å². The number of nitrogens with zero attached hydrogens (tertiary/aromatic N) is 2. The highest BCUT2D eigenvalue weighted by atomic mass is 32.2. The molecule has 3 aromatic carbocycles. The van der Waals surface area contributed by atoms with Gasteiger partial charge in [0.15, 0.2) is 0 Å². The van der Waals surface area contributed by atoms with Gasteiger partial charge in [0.25, 0.3) is 10.0 Å². The molecule has 1 aliphatic heterocycles. The van der Waals surface area contributed by atoms with Gasteiger partial charge in [-0.15, -0.1) is 13.2 Å². The largest absolute Gasteiger partial charge is 0.573 e. The maximum atomic E-state index is 13.9. The monoisotopic (exact) mass is 564 g/mol. The Bertz CT molecular complexity index is 1340. The number of halogens is 3. The summed E-state index contributed by atoms with van der Waals surface area (Å²) in [5, 5.41) is 0. The van der Waals surface area contributed by atoms with Crippen LogP contribution in [0.2, 0.25) is 0 Å². The number of para-hydroxylation sites is 1. The van der Waals surface area contributed by atoms with Gasteiger partial charge in [-0.25, -0.2) is 8.42 Å². The van der Waals surface area contributed by atoms with E-state index in [1.165, 1.54) is 47.8 Å². The lowest BCUT2D eigenvalue weighted by molar-refractivity contribution is -0.274. The van der Waals surface area contributed by atoms with Crippen LogP contribution in [0.1, 0.15) is 25.3 Å². The van der Waals surface area contributed by atoms with Gasteiger partial charge in [0.05, 0.1) is 24.3 Å². The molecule has 39 heavy (non-hydrogen) atoms. The van der Waals surface area contributed by atoms with E-state index in [9.17, 15) is 21.6 Å². The first-order valence-electron chi connectivity index (χ1n) is 12.6. The van der Waals surface area contributed by atoms with Crippen molar-refractivity contribution in [3.63, 3.8) is 0 Å². The smallest absolute Gasteiger partial charge is 0.497 e. The summed E-state index contributed by atoms with van der Waals surface area (Å²) in [7, 11) is -2.65. The molecule has 0 radical (unpaired) electrons. The number of benzene rings is 3. The van der Waals surface area contributed by atoms with E-state index in [0.29, 0.717) is 44.8 Å². The Morgan fingerprint density at radius 2 is 1.64 bits per heavy atom. The maximum Gasteiger partial charge on any atom is 0.573 e. The number of anilines is 1. The molecule has 0 saturated carbocycles. The highest BCUT2D eigenvalue weighted by Gasteiger charge is 2.36. The van der Waals surface area contributed by atoms with E-state index in [2.05, 4.69) is 9.64 Å². The van der Waals surface area contributed by atoms with E-state index in [-0.39, 0.29) is 10.6 Å².